The number of ether oxygens (including phenoxy) is 4. The summed E-state index contributed by atoms with van der Waals surface area (Å²) in [7, 11) is 8.40. The van der Waals surface area contributed by atoms with Gasteiger partial charge in [-0.15, -0.1) is 0 Å². The van der Waals surface area contributed by atoms with E-state index < -0.39 is 12.1 Å². The van der Waals surface area contributed by atoms with Crippen molar-refractivity contribution in [3.8, 4) is 40.6 Å². The molecule has 3 aliphatic rings. The number of hydrogen-bond acceptors (Lipinski definition) is 10. The molecule has 3 aliphatic heterocycles. The predicted octanol–water partition coefficient (Wildman–Crippen LogP) is 4.31. The Kier molecular flexibility index (Phi) is 8.20. The summed E-state index contributed by atoms with van der Waals surface area (Å²) < 4.78 is 23.4. The lowest BCUT2D eigenvalue weighted by Gasteiger charge is -2.60. The van der Waals surface area contributed by atoms with E-state index in [0.717, 1.165) is 27.8 Å². The number of aromatic hydroxyl groups is 2. The summed E-state index contributed by atoms with van der Waals surface area (Å²) in [6, 6.07) is 11.1. The molecule has 0 radical (unpaired) electrons. The predicted molar refractivity (Wildman–Crippen MR) is 170 cm³/mol. The first-order valence-electron chi connectivity index (χ1n) is 15.3. The summed E-state index contributed by atoms with van der Waals surface area (Å²) >= 11 is 0. The van der Waals surface area contributed by atoms with Crippen LogP contribution in [0.2, 0.25) is 0 Å². The smallest absolute Gasteiger partial charge is 0.167 e. The number of phenolic OH excluding ortho intramolecular Hbond substituents is 2. The average Bonchev–Trinajstić information content (AvgIpc) is 3.03. The Bertz CT molecular complexity index is 1650. The van der Waals surface area contributed by atoms with Crippen molar-refractivity contribution in [3.63, 3.8) is 0 Å². The summed E-state index contributed by atoms with van der Waals surface area (Å²) in [6.45, 7) is 4.85. The second-order valence-corrected chi connectivity index (χ2v) is 12.2. The zero-order valence-electron chi connectivity index (χ0n) is 27.0. The summed E-state index contributed by atoms with van der Waals surface area (Å²) in [6.07, 6.45) is 0.984. The minimum atomic E-state index is -0.520. The molecular weight excluding hydrogens is 572 g/mol. The van der Waals surface area contributed by atoms with Gasteiger partial charge in [-0.2, -0.15) is 5.26 Å². The molecule has 0 spiro atoms. The van der Waals surface area contributed by atoms with Crippen LogP contribution in [0, 0.1) is 25.2 Å². The lowest BCUT2D eigenvalue weighted by atomic mass is 9.71. The van der Waals surface area contributed by atoms with Gasteiger partial charge in [-0.3, -0.25) is 9.80 Å². The fraction of sp³-hybridized carbons (Fsp3) is 0.457. The molecule has 10 heteroatoms. The molecule has 3 aromatic carbocycles. The van der Waals surface area contributed by atoms with Crippen LogP contribution in [0.15, 0.2) is 30.3 Å². The van der Waals surface area contributed by atoms with Gasteiger partial charge in [0, 0.05) is 58.6 Å². The Morgan fingerprint density at radius 2 is 1.36 bits per heavy atom. The van der Waals surface area contributed by atoms with Crippen LogP contribution < -0.4 is 24.3 Å². The first kappa shape index (κ1) is 30.8. The number of likely N-dealkylation sites (N-methyl/N-ethyl adjacent to an activating group) is 1. The van der Waals surface area contributed by atoms with Gasteiger partial charge in [-0.05, 0) is 39.3 Å². The Hall–Kier alpha value is -4.17. The minimum absolute atomic E-state index is 0.0683. The van der Waals surface area contributed by atoms with Gasteiger partial charge < -0.3 is 34.5 Å². The molecule has 1 saturated heterocycles. The number of nitrogens with one attached hydrogen (secondary N) is 1. The molecule has 238 valence electrons. The molecule has 5 atom stereocenters. The number of nitrogens with zero attached hydrogens (tertiary/aromatic N) is 3. The Labute approximate surface area is 264 Å². The zero-order valence-corrected chi connectivity index (χ0v) is 27.0. The highest BCUT2D eigenvalue weighted by Gasteiger charge is 2.57. The lowest BCUT2D eigenvalue weighted by molar-refractivity contribution is -0.0729. The van der Waals surface area contributed by atoms with E-state index in [1.807, 2.05) is 39.1 Å². The minimum Gasteiger partial charge on any atom is -0.504 e. The number of phenols is 2. The second kappa shape index (κ2) is 12.0. The van der Waals surface area contributed by atoms with E-state index in [2.05, 4.69) is 33.3 Å². The highest BCUT2D eigenvalue weighted by Crippen LogP contribution is 2.58. The van der Waals surface area contributed by atoms with Crippen molar-refractivity contribution in [2.45, 2.75) is 63.4 Å². The average molecular weight is 615 g/mol. The second-order valence-electron chi connectivity index (χ2n) is 12.2. The molecule has 1 fully saturated rings. The summed E-state index contributed by atoms with van der Waals surface area (Å²) in [5, 5.41) is 38.0. The fourth-order valence-corrected chi connectivity index (χ4v) is 8.36. The van der Waals surface area contributed by atoms with Crippen molar-refractivity contribution in [1.29, 1.82) is 5.26 Å². The van der Waals surface area contributed by atoms with Gasteiger partial charge in [-0.25, -0.2) is 0 Å². The number of benzene rings is 3. The van der Waals surface area contributed by atoms with E-state index in [-0.39, 0.29) is 29.6 Å². The standard InChI is InChI=1S/C35H42N4O6/c1-18-32(42-4)21-14-24-29-28-22(33(43-5)19(2)35(45-7)31(28)41)13-23(38(29)3)25(15-36)39(24)26(27(21)30(40)34(18)44-6)17-37-16-20-11-9-8-10-12-20/h8-12,23-26,29,37,40-41H,13-14,16-17H2,1-7H3/t23-,24-,25?,26-,29-/m0/s1. The first-order chi connectivity index (χ1) is 21.7. The van der Waals surface area contributed by atoms with Gasteiger partial charge in [0.05, 0.1) is 46.6 Å². The van der Waals surface area contributed by atoms with Gasteiger partial charge in [0.15, 0.2) is 23.0 Å². The maximum Gasteiger partial charge on any atom is 0.167 e. The van der Waals surface area contributed by atoms with E-state index in [9.17, 15) is 15.5 Å². The zero-order chi connectivity index (χ0) is 32.2. The Morgan fingerprint density at radius 1 is 0.822 bits per heavy atom. The SMILES string of the molecule is COc1c(C)c(OC)c2c(c1O)[C@@H]1[C@@H]3Cc4c(OC)c(C)c(OC)c(O)c4[C@H](CNCc4ccccc4)N3C(C#N)[C@H](C2)N1C. The van der Waals surface area contributed by atoms with Crippen molar-refractivity contribution in [1.82, 2.24) is 15.1 Å². The van der Waals surface area contributed by atoms with Crippen LogP contribution in [-0.4, -0.2) is 80.2 Å². The molecule has 10 nitrogen and oxygen atoms in total. The fourth-order valence-electron chi connectivity index (χ4n) is 8.36. The van der Waals surface area contributed by atoms with E-state index in [4.69, 9.17) is 18.9 Å². The molecule has 2 bridgehead atoms. The van der Waals surface area contributed by atoms with Crippen LogP contribution in [0.4, 0.5) is 0 Å². The summed E-state index contributed by atoms with van der Waals surface area (Å²) in [4.78, 5) is 4.48. The molecule has 3 aromatic rings. The maximum absolute atomic E-state index is 11.8. The van der Waals surface area contributed by atoms with Gasteiger partial charge >= 0.3 is 0 Å². The van der Waals surface area contributed by atoms with E-state index in [0.29, 0.717) is 60.1 Å². The number of piperazine rings is 1. The van der Waals surface area contributed by atoms with Gasteiger partial charge in [-0.1, -0.05) is 30.3 Å². The number of nitriles is 1. The molecule has 0 saturated carbocycles. The number of hydrogen-bond donors (Lipinski definition) is 3. The van der Waals surface area contributed by atoms with Crippen molar-refractivity contribution < 1.29 is 29.2 Å². The van der Waals surface area contributed by atoms with Gasteiger partial charge in [0.25, 0.3) is 0 Å². The van der Waals surface area contributed by atoms with E-state index in [1.54, 1.807) is 28.4 Å². The molecule has 0 aromatic heterocycles. The van der Waals surface area contributed by atoms with Crippen LogP contribution >= 0.6 is 0 Å². The van der Waals surface area contributed by atoms with E-state index >= 15 is 0 Å². The van der Waals surface area contributed by atoms with Crippen molar-refractivity contribution in [2.24, 2.45) is 0 Å². The monoisotopic (exact) mass is 614 g/mol. The Morgan fingerprint density at radius 3 is 1.91 bits per heavy atom. The summed E-state index contributed by atoms with van der Waals surface area (Å²) in [5.74, 6) is 2.26. The first-order valence-corrected chi connectivity index (χ1v) is 15.3. The largest absolute Gasteiger partial charge is 0.504 e. The van der Waals surface area contributed by atoms with Crippen LogP contribution in [0.1, 0.15) is 51.0 Å². The third-order valence-electron chi connectivity index (χ3n) is 10.2. The number of rotatable bonds is 8. The van der Waals surface area contributed by atoms with Crippen molar-refractivity contribution in [2.75, 3.05) is 42.0 Å². The van der Waals surface area contributed by atoms with Gasteiger partial charge in [0.2, 0.25) is 0 Å². The van der Waals surface area contributed by atoms with Crippen LogP contribution in [-0.2, 0) is 19.4 Å². The van der Waals surface area contributed by atoms with Crippen LogP contribution in [0.3, 0.4) is 0 Å². The molecule has 3 heterocycles. The van der Waals surface area contributed by atoms with Crippen molar-refractivity contribution in [3.05, 3.63) is 69.3 Å². The molecular formula is C35H42N4O6. The van der Waals surface area contributed by atoms with E-state index in [1.165, 1.54) is 0 Å². The third kappa shape index (κ3) is 4.56. The maximum atomic E-state index is 11.8. The molecule has 0 aliphatic carbocycles. The highest BCUT2D eigenvalue weighted by molar-refractivity contribution is 5.67. The molecule has 3 N–H and O–H groups in total. The van der Waals surface area contributed by atoms with Gasteiger partial charge in [0.1, 0.15) is 17.5 Å². The quantitative estimate of drug-likeness (QED) is 0.339. The lowest BCUT2D eigenvalue weighted by Crippen LogP contribution is -2.68. The summed E-state index contributed by atoms with van der Waals surface area (Å²) in [5.41, 5.74) is 5.83. The third-order valence-corrected chi connectivity index (χ3v) is 10.2. The molecule has 0 amide bonds. The normalized spacial score (nSPS) is 23.7. The molecule has 45 heavy (non-hydrogen) atoms. The Balaban J connectivity index is 1.57. The topological polar surface area (TPSA) is 120 Å². The van der Waals surface area contributed by atoms with Crippen LogP contribution in [0.25, 0.3) is 0 Å². The number of fused-ring (bicyclic) bond motifs is 7. The molecule has 1 unspecified atom stereocenters. The van der Waals surface area contributed by atoms with Crippen molar-refractivity contribution >= 4 is 0 Å². The molecule has 6 rings (SSSR count). The highest BCUT2D eigenvalue weighted by atomic mass is 16.5. The van der Waals surface area contributed by atoms with Crippen LogP contribution in [0.5, 0.6) is 34.5 Å². The number of methoxy groups -OCH3 is 4.